The molecule has 1 unspecified atom stereocenters. The van der Waals surface area contributed by atoms with E-state index < -0.39 is 6.10 Å². The summed E-state index contributed by atoms with van der Waals surface area (Å²) in [7, 11) is 0. The van der Waals surface area contributed by atoms with Crippen LogP contribution in [0.15, 0.2) is 16.5 Å². The van der Waals surface area contributed by atoms with Crippen molar-refractivity contribution in [3.05, 3.63) is 28.3 Å². The second-order valence-corrected chi connectivity index (χ2v) is 8.63. The lowest BCUT2D eigenvalue weighted by molar-refractivity contribution is 0.125. The number of aliphatic hydroxyl groups is 1. The van der Waals surface area contributed by atoms with Gasteiger partial charge in [0.05, 0.1) is 6.10 Å². The van der Waals surface area contributed by atoms with Crippen molar-refractivity contribution in [1.29, 1.82) is 0 Å². The fourth-order valence-corrected chi connectivity index (χ4v) is 4.06. The fraction of sp³-hybridized carbons (Fsp3) is 0.529. The van der Waals surface area contributed by atoms with Crippen LogP contribution in [0, 0.1) is 6.92 Å². The largest absolute Gasteiger partial charge is 0.491 e. The van der Waals surface area contributed by atoms with E-state index >= 15 is 0 Å². The zero-order chi connectivity index (χ0) is 18.4. The lowest BCUT2D eigenvalue weighted by atomic mass is 10.0. The molecular formula is C17H24ClN3O2S2. The molecule has 0 spiro atoms. The maximum Gasteiger partial charge on any atom is 0.206 e. The number of benzene rings is 1. The Morgan fingerprint density at radius 1 is 1.36 bits per heavy atom. The van der Waals surface area contributed by atoms with Crippen LogP contribution in [0.5, 0.6) is 5.75 Å². The summed E-state index contributed by atoms with van der Waals surface area (Å²) in [4.78, 5) is 0. The van der Waals surface area contributed by atoms with Crippen LogP contribution in [0.2, 0.25) is 5.02 Å². The quantitative estimate of drug-likeness (QED) is 0.599. The third-order valence-corrected chi connectivity index (χ3v) is 6.04. The Morgan fingerprint density at radius 3 is 2.80 bits per heavy atom. The second kappa shape index (κ2) is 9.62. The van der Waals surface area contributed by atoms with Crippen molar-refractivity contribution in [2.75, 3.05) is 24.2 Å². The number of anilines is 1. The number of aromatic nitrogens is 2. The fourth-order valence-electron chi connectivity index (χ4n) is 2.14. The average Bonchev–Trinajstić information content (AvgIpc) is 3.01. The van der Waals surface area contributed by atoms with Crippen LogP contribution in [0.25, 0.3) is 0 Å². The second-order valence-electron chi connectivity index (χ2n) is 5.97. The molecule has 8 heteroatoms. The first kappa shape index (κ1) is 20.3. The molecular weight excluding hydrogens is 378 g/mol. The molecule has 0 aliphatic carbocycles. The summed E-state index contributed by atoms with van der Waals surface area (Å²) < 4.78 is 6.69. The van der Waals surface area contributed by atoms with Crippen molar-refractivity contribution in [2.45, 2.75) is 44.1 Å². The van der Waals surface area contributed by atoms with Gasteiger partial charge in [-0.2, -0.15) is 0 Å². The summed E-state index contributed by atoms with van der Waals surface area (Å²) in [6.45, 7) is 9.19. The number of aliphatic hydroxyl groups excluding tert-OH is 1. The minimum atomic E-state index is -0.590. The van der Waals surface area contributed by atoms with Gasteiger partial charge in [0, 0.05) is 17.3 Å². The monoisotopic (exact) mass is 401 g/mol. The Hall–Kier alpha value is -1.02. The zero-order valence-electron chi connectivity index (χ0n) is 14.9. The van der Waals surface area contributed by atoms with Gasteiger partial charge < -0.3 is 15.2 Å². The number of thioether (sulfide) groups is 1. The van der Waals surface area contributed by atoms with Crippen LogP contribution >= 0.6 is 34.7 Å². The number of halogens is 1. The minimum Gasteiger partial charge on any atom is -0.491 e. The molecule has 0 bridgehead atoms. The first-order chi connectivity index (χ1) is 11.9. The van der Waals surface area contributed by atoms with Crippen molar-refractivity contribution in [3.63, 3.8) is 0 Å². The Balaban J connectivity index is 1.89. The van der Waals surface area contributed by atoms with Crippen LogP contribution in [0.3, 0.4) is 0 Å². The summed E-state index contributed by atoms with van der Waals surface area (Å²) in [5, 5.41) is 23.0. The summed E-state index contributed by atoms with van der Waals surface area (Å²) in [5.41, 5.74) is 2.02. The normalized spacial score (nSPS) is 12.4. The summed E-state index contributed by atoms with van der Waals surface area (Å²) in [6.07, 6.45) is -0.590. The molecule has 1 aromatic carbocycles. The molecule has 25 heavy (non-hydrogen) atoms. The van der Waals surface area contributed by atoms with Crippen LogP contribution in [-0.2, 0) is 0 Å². The average molecular weight is 402 g/mol. The molecule has 1 heterocycles. The number of aryl methyl sites for hydroxylation is 1. The highest BCUT2D eigenvalue weighted by molar-refractivity contribution is 8.01. The smallest absolute Gasteiger partial charge is 0.206 e. The summed E-state index contributed by atoms with van der Waals surface area (Å²) >= 11 is 9.18. The predicted molar refractivity (Wildman–Crippen MR) is 107 cm³/mol. The third-order valence-electron chi connectivity index (χ3n) is 3.48. The highest BCUT2D eigenvalue weighted by Crippen LogP contribution is 2.32. The van der Waals surface area contributed by atoms with Gasteiger partial charge in [0.1, 0.15) is 12.4 Å². The highest BCUT2D eigenvalue weighted by atomic mass is 35.5. The van der Waals surface area contributed by atoms with Gasteiger partial charge in [-0.15, -0.1) is 10.2 Å². The topological polar surface area (TPSA) is 67.3 Å². The molecule has 0 aliphatic rings. The molecule has 0 aliphatic heterocycles. The van der Waals surface area contributed by atoms with Crippen LogP contribution in [0.1, 0.15) is 37.8 Å². The van der Waals surface area contributed by atoms with Crippen molar-refractivity contribution >= 4 is 39.8 Å². The van der Waals surface area contributed by atoms with Crippen LogP contribution in [0.4, 0.5) is 5.13 Å². The first-order valence-electron chi connectivity index (χ1n) is 8.21. The molecule has 0 saturated heterocycles. The SMILES string of the molecule is CCNc1nnc(SCC(O)COc2cc(C)c(Cl)cc2C(C)C)s1. The van der Waals surface area contributed by atoms with E-state index in [9.17, 15) is 5.11 Å². The van der Waals surface area contributed by atoms with Crippen molar-refractivity contribution < 1.29 is 9.84 Å². The highest BCUT2D eigenvalue weighted by Gasteiger charge is 2.14. The predicted octanol–water partition coefficient (Wildman–Crippen LogP) is 4.59. The third kappa shape index (κ3) is 6.02. The molecule has 1 atom stereocenters. The van der Waals surface area contributed by atoms with Gasteiger partial charge in [-0.1, -0.05) is 48.5 Å². The number of hydrogen-bond acceptors (Lipinski definition) is 7. The molecule has 2 N–H and O–H groups in total. The van der Waals surface area contributed by atoms with Gasteiger partial charge in [0.25, 0.3) is 0 Å². The van der Waals surface area contributed by atoms with E-state index in [0.29, 0.717) is 11.7 Å². The van der Waals surface area contributed by atoms with Gasteiger partial charge >= 0.3 is 0 Å². The van der Waals surface area contributed by atoms with E-state index in [0.717, 1.165) is 37.9 Å². The molecule has 2 rings (SSSR count). The minimum absolute atomic E-state index is 0.229. The van der Waals surface area contributed by atoms with Crippen molar-refractivity contribution in [1.82, 2.24) is 10.2 Å². The Labute approximate surface area is 162 Å². The molecule has 0 radical (unpaired) electrons. The van der Waals surface area contributed by atoms with Crippen LogP contribution < -0.4 is 10.1 Å². The molecule has 138 valence electrons. The first-order valence-corrected chi connectivity index (χ1v) is 10.4. The Kier molecular flexibility index (Phi) is 7.81. The molecule has 0 saturated carbocycles. The van der Waals surface area contributed by atoms with Gasteiger partial charge in [0.2, 0.25) is 5.13 Å². The Bertz CT molecular complexity index is 695. The maximum atomic E-state index is 10.2. The van der Waals surface area contributed by atoms with Gasteiger partial charge in [0.15, 0.2) is 4.34 Å². The molecule has 0 fully saturated rings. The summed E-state index contributed by atoms with van der Waals surface area (Å²) in [6, 6.07) is 3.88. The number of hydrogen-bond donors (Lipinski definition) is 2. The lowest BCUT2D eigenvalue weighted by Crippen LogP contribution is -2.20. The number of nitrogens with zero attached hydrogens (tertiary/aromatic N) is 2. The van der Waals surface area contributed by atoms with Crippen molar-refractivity contribution in [3.8, 4) is 5.75 Å². The van der Waals surface area contributed by atoms with E-state index in [1.165, 1.54) is 23.1 Å². The van der Waals surface area contributed by atoms with Crippen molar-refractivity contribution in [2.24, 2.45) is 0 Å². The van der Waals surface area contributed by atoms with Crippen LogP contribution in [-0.4, -0.2) is 40.3 Å². The summed E-state index contributed by atoms with van der Waals surface area (Å²) in [5.74, 6) is 1.58. The number of rotatable bonds is 9. The molecule has 0 amide bonds. The zero-order valence-corrected chi connectivity index (χ0v) is 17.3. The Morgan fingerprint density at radius 2 is 2.12 bits per heavy atom. The van der Waals surface area contributed by atoms with E-state index in [-0.39, 0.29) is 6.61 Å². The van der Waals surface area contributed by atoms with Gasteiger partial charge in [-0.3, -0.25) is 0 Å². The number of ether oxygens (including phenoxy) is 1. The van der Waals surface area contributed by atoms with E-state index in [2.05, 4.69) is 29.4 Å². The van der Waals surface area contributed by atoms with E-state index in [4.69, 9.17) is 16.3 Å². The number of nitrogens with one attached hydrogen (secondary N) is 1. The maximum absolute atomic E-state index is 10.2. The van der Waals surface area contributed by atoms with Gasteiger partial charge in [-0.05, 0) is 43.0 Å². The van der Waals surface area contributed by atoms with Gasteiger partial charge in [-0.25, -0.2) is 0 Å². The molecule has 5 nitrogen and oxygen atoms in total. The van der Waals surface area contributed by atoms with E-state index in [1.54, 1.807) is 0 Å². The van der Waals surface area contributed by atoms with E-state index in [1.807, 2.05) is 26.0 Å². The molecule has 1 aromatic heterocycles. The molecule has 2 aromatic rings. The lowest BCUT2D eigenvalue weighted by Gasteiger charge is -2.17. The standard InChI is InChI=1S/C17H24ClN3O2S2/c1-5-19-16-20-21-17(25-16)24-9-12(22)8-23-15-6-11(4)14(18)7-13(15)10(2)3/h6-7,10,12,22H,5,8-9H2,1-4H3,(H,19,20).